The Morgan fingerprint density at radius 2 is 1.67 bits per heavy atom. The summed E-state index contributed by atoms with van der Waals surface area (Å²) < 4.78 is 5.74. The Morgan fingerprint density at radius 1 is 0.967 bits per heavy atom. The smallest absolute Gasteiger partial charge is 0.271 e. The lowest BCUT2D eigenvalue weighted by atomic mass is 10.1. The van der Waals surface area contributed by atoms with Gasteiger partial charge in [-0.15, -0.1) is 0 Å². The molecule has 0 unspecified atom stereocenters. The van der Waals surface area contributed by atoms with Gasteiger partial charge in [0.15, 0.2) is 5.75 Å². The molecule has 154 valence electrons. The van der Waals surface area contributed by atoms with Gasteiger partial charge in [-0.1, -0.05) is 70.7 Å². The minimum Gasteiger partial charge on any atom is -0.486 e. The first-order chi connectivity index (χ1) is 14.3. The van der Waals surface area contributed by atoms with Crippen LogP contribution in [0.2, 0.25) is 20.1 Å². The standard InChI is InChI=1S/C22H16Cl4N2O2/c1-13-6-7-15(10-18(13)24)22(29)28-27-11-14-8-19(25)21(20(26)9-14)30-12-16-4-2-3-5-17(16)23/h2-11H,12H2,1H3,(H,28,29)/b27-11-. The van der Waals surface area contributed by atoms with E-state index in [-0.39, 0.29) is 12.5 Å². The average molecular weight is 482 g/mol. The van der Waals surface area contributed by atoms with Crippen molar-refractivity contribution >= 4 is 58.5 Å². The van der Waals surface area contributed by atoms with Crippen molar-refractivity contribution in [1.82, 2.24) is 5.43 Å². The Balaban J connectivity index is 1.66. The number of benzene rings is 3. The molecule has 0 heterocycles. The minimum atomic E-state index is -0.384. The van der Waals surface area contributed by atoms with Gasteiger partial charge in [0.1, 0.15) is 6.61 Å². The summed E-state index contributed by atoms with van der Waals surface area (Å²) in [6.07, 6.45) is 1.43. The number of halogens is 4. The van der Waals surface area contributed by atoms with Crippen LogP contribution in [-0.2, 0) is 6.61 Å². The Kier molecular flexibility index (Phi) is 7.62. The molecule has 0 aliphatic rings. The summed E-state index contributed by atoms with van der Waals surface area (Å²) in [6, 6.07) is 15.6. The Labute approximate surface area is 194 Å². The van der Waals surface area contributed by atoms with Gasteiger partial charge in [-0.25, -0.2) is 5.43 Å². The highest BCUT2D eigenvalue weighted by molar-refractivity contribution is 6.37. The molecule has 0 saturated heterocycles. The second-order valence-electron chi connectivity index (χ2n) is 6.36. The quantitative estimate of drug-likeness (QED) is 0.305. The van der Waals surface area contributed by atoms with Crippen LogP contribution in [0.3, 0.4) is 0 Å². The lowest BCUT2D eigenvalue weighted by molar-refractivity contribution is 0.0955. The van der Waals surface area contributed by atoms with E-state index >= 15 is 0 Å². The number of rotatable bonds is 6. The number of hydrazone groups is 1. The normalized spacial score (nSPS) is 11.0. The van der Waals surface area contributed by atoms with Gasteiger partial charge in [-0.05, 0) is 48.4 Å². The number of hydrogen-bond acceptors (Lipinski definition) is 3. The predicted molar refractivity (Wildman–Crippen MR) is 123 cm³/mol. The van der Waals surface area contributed by atoms with E-state index in [0.717, 1.165) is 11.1 Å². The molecule has 3 aromatic carbocycles. The van der Waals surface area contributed by atoms with Crippen LogP contribution < -0.4 is 10.2 Å². The second kappa shape index (κ2) is 10.2. The molecule has 0 atom stereocenters. The van der Waals surface area contributed by atoms with E-state index in [1.165, 1.54) is 6.21 Å². The molecule has 0 aliphatic carbocycles. The average Bonchev–Trinajstić information content (AvgIpc) is 2.70. The largest absolute Gasteiger partial charge is 0.486 e. The van der Waals surface area contributed by atoms with E-state index < -0.39 is 0 Å². The van der Waals surface area contributed by atoms with Crippen LogP contribution in [0.4, 0.5) is 0 Å². The number of hydrogen-bond donors (Lipinski definition) is 1. The molecule has 30 heavy (non-hydrogen) atoms. The van der Waals surface area contributed by atoms with Gasteiger partial charge in [0.2, 0.25) is 0 Å². The fourth-order valence-electron chi connectivity index (χ4n) is 2.52. The third-order valence-corrected chi connectivity index (χ3v) is 5.50. The maximum absolute atomic E-state index is 12.2. The first-order valence-corrected chi connectivity index (χ1v) is 10.3. The minimum absolute atomic E-state index is 0.224. The zero-order valence-electron chi connectivity index (χ0n) is 15.8. The van der Waals surface area contributed by atoms with E-state index in [9.17, 15) is 4.79 Å². The highest BCUT2D eigenvalue weighted by atomic mass is 35.5. The monoisotopic (exact) mass is 480 g/mol. The summed E-state index contributed by atoms with van der Waals surface area (Å²) >= 11 is 24.8. The molecule has 0 saturated carbocycles. The van der Waals surface area contributed by atoms with Gasteiger partial charge in [0, 0.05) is 21.2 Å². The van der Waals surface area contributed by atoms with E-state index in [1.807, 2.05) is 25.1 Å². The van der Waals surface area contributed by atoms with Crippen molar-refractivity contribution in [3.63, 3.8) is 0 Å². The van der Waals surface area contributed by atoms with Gasteiger partial charge < -0.3 is 4.74 Å². The molecule has 0 spiro atoms. The lowest BCUT2D eigenvalue weighted by Crippen LogP contribution is -2.17. The van der Waals surface area contributed by atoms with Gasteiger partial charge in [0.05, 0.1) is 16.3 Å². The summed E-state index contributed by atoms with van der Waals surface area (Å²) in [5, 5.41) is 5.68. The third kappa shape index (κ3) is 5.67. The van der Waals surface area contributed by atoms with E-state index in [4.69, 9.17) is 51.1 Å². The fraction of sp³-hybridized carbons (Fsp3) is 0.0909. The molecule has 0 radical (unpaired) electrons. The van der Waals surface area contributed by atoms with E-state index in [0.29, 0.717) is 37.0 Å². The highest BCUT2D eigenvalue weighted by Crippen LogP contribution is 2.34. The molecule has 0 aromatic heterocycles. The number of nitrogens with one attached hydrogen (secondary N) is 1. The highest BCUT2D eigenvalue weighted by Gasteiger charge is 2.11. The van der Waals surface area contributed by atoms with Gasteiger partial charge in [0.25, 0.3) is 5.91 Å². The first kappa shape index (κ1) is 22.4. The molecule has 3 aromatic rings. The second-order valence-corrected chi connectivity index (χ2v) is 7.99. The molecular formula is C22H16Cl4N2O2. The van der Waals surface area contributed by atoms with Crippen molar-refractivity contribution < 1.29 is 9.53 Å². The number of ether oxygens (including phenoxy) is 1. The summed E-state index contributed by atoms with van der Waals surface area (Å²) in [5.74, 6) is -0.0428. The van der Waals surface area contributed by atoms with Crippen LogP contribution in [0.1, 0.15) is 27.0 Å². The van der Waals surface area contributed by atoms with Gasteiger partial charge >= 0.3 is 0 Å². The number of carbonyl (C=O) groups excluding carboxylic acids is 1. The summed E-state index contributed by atoms with van der Waals surface area (Å²) in [5.41, 5.74) is 5.14. The number of nitrogens with zero attached hydrogens (tertiary/aromatic N) is 1. The van der Waals surface area contributed by atoms with Crippen LogP contribution in [0.25, 0.3) is 0 Å². The summed E-state index contributed by atoms with van der Waals surface area (Å²) in [4.78, 5) is 12.2. The molecule has 0 fully saturated rings. The fourth-order valence-corrected chi connectivity index (χ4v) is 3.51. The van der Waals surface area contributed by atoms with E-state index in [2.05, 4.69) is 10.5 Å². The maximum atomic E-state index is 12.2. The molecule has 0 aliphatic heterocycles. The molecule has 8 heteroatoms. The van der Waals surface area contributed by atoms with E-state index in [1.54, 1.807) is 36.4 Å². The Morgan fingerprint density at radius 3 is 2.33 bits per heavy atom. The van der Waals surface area contributed by atoms with Crippen LogP contribution in [0, 0.1) is 6.92 Å². The molecule has 1 N–H and O–H groups in total. The molecular weight excluding hydrogens is 466 g/mol. The van der Waals surface area contributed by atoms with Gasteiger partial charge in [-0.3, -0.25) is 4.79 Å². The van der Waals surface area contributed by atoms with Crippen molar-refractivity contribution in [2.75, 3.05) is 0 Å². The van der Waals surface area contributed by atoms with Crippen LogP contribution in [0.5, 0.6) is 5.75 Å². The van der Waals surface area contributed by atoms with Crippen LogP contribution >= 0.6 is 46.4 Å². The van der Waals surface area contributed by atoms with Crippen LogP contribution in [0.15, 0.2) is 59.7 Å². The predicted octanol–water partition coefficient (Wildman–Crippen LogP) is 6.95. The lowest BCUT2D eigenvalue weighted by Gasteiger charge is -2.11. The topological polar surface area (TPSA) is 50.7 Å². The van der Waals surface area contributed by atoms with Crippen molar-refractivity contribution in [3.05, 3.63) is 96.9 Å². The molecule has 0 bridgehead atoms. The summed E-state index contributed by atoms with van der Waals surface area (Å²) in [7, 11) is 0. The van der Waals surface area contributed by atoms with Crippen molar-refractivity contribution in [2.24, 2.45) is 5.10 Å². The van der Waals surface area contributed by atoms with Crippen molar-refractivity contribution in [3.8, 4) is 5.75 Å². The zero-order valence-corrected chi connectivity index (χ0v) is 18.8. The third-order valence-electron chi connectivity index (χ3n) is 4.16. The molecule has 4 nitrogen and oxygen atoms in total. The Bertz CT molecular complexity index is 1090. The van der Waals surface area contributed by atoms with Crippen LogP contribution in [-0.4, -0.2) is 12.1 Å². The zero-order chi connectivity index (χ0) is 21.7. The Hall–Kier alpha value is -2.24. The molecule has 3 rings (SSSR count). The maximum Gasteiger partial charge on any atom is 0.271 e. The number of carbonyl (C=O) groups is 1. The number of aryl methyl sites for hydroxylation is 1. The SMILES string of the molecule is Cc1ccc(C(=O)N/N=C\c2cc(Cl)c(OCc3ccccc3Cl)c(Cl)c2)cc1Cl. The van der Waals surface area contributed by atoms with Crippen molar-refractivity contribution in [2.45, 2.75) is 13.5 Å². The summed E-state index contributed by atoms with van der Waals surface area (Å²) in [6.45, 7) is 2.08. The molecule has 1 amide bonds. The van der Waals surface area contributed by atoms with Crippen molar-refractivity contribution in [1.29, 1.82) is 0 Å². The first-order valence-electron chi connectivity index (χ1n) is 8.80. The number of amides is 1. The van der Waals surface area contributed by atoms with Gasteiger partial charge in [-0.2, -0.15) is 5.10 Å².